The van der Waals surface area contributed by atoms with Gasteiger partial charge in [-0.15, -0.1) is 0 Å². The van der Waals surface area contributed by atoms with Crippen molar-refractivity contribution in [2.24, 2.45) is 11.8 Å². The smallest absolute Gasteiger partial charge is 0.289 e. The molecule has 8 nitrogen and oxygen atoms in total. The predicted molar refractivity (Wildman–Crippen MR) is 93.4 cm³/mol. The van der Waals surface area contributed by atoms with Crippen molar-refractivity contribution >= 4 is 40.7 Å². The maximum absolute atomic E-state index is 12.3. The number of benzene rings is 1. The molecule has 0 unspecified atom stereocenters. The quantitative estimate of drug-likeness (QED) is 0.367. The first kappa shape index (κ1) is 18.1. The molecule has 1 heterocycles. The molecular formula is C17H16ClN3O5. The zero-order valence-electron chi connectivity index (χ0n) is 13.7. The van der Waals surface area contributed by atoms with Crippen LogP contribution in [0.2, 0.25) is 5.02 Å². The lowest BCUT2D eigenvalue weighted by atomic mass is 9.85. The summed E-state index contributed by atoms with van der Waals surface area (Å²) in [5, 5.41) is 13.4. The van der Waals surface area contributed by atoms with Gasteiger partial charge in [0.15, 0.2) is 0 Å². The first-order valence-electron chi connectivity index (χ1n) is 8.12. The number of nitro benzene ring substituents is 1. The highest BCUT2D eigenvalue weighted by atomic mass is 35.5. The number of imide groups is 1. The standard InChI is InChI=1S/C17H16ClN3O5/c18-13-6-5-10(9-14(13)21(25)26)19-15(22)7-8-20-16(23)11-3-1-2-4-12(11)17(20)24/h1-2,5-6,9,11-12H,3-4,7-8H2,(H,19,22)/t11-,12-/m0/s1. The van der Waals surface area contributed by atoms with E-state index in [9.17, 15) is 24.5 Å². The van der Waals surface area contributed by atoms with Gasteiger partial charge in [0.2, 0.25) is 17.7 Å². The first-order chi connectivity index (χ1) is 12.4. The number of likely N-dealkylation sites (tertiary alicyclic amines) is 1. The lowest BCUT2D eigenvalue weighted by Crippen LogP contribution is -2.34. The third kappa shape index (κ3) is 3.45. The molecule has 1 aliphatic carbocycles. The van der Waals surface area contributed by atoms with Gasteiger partial charge in [-0.05, 0) is 25.0 Å². The van der Waals surface area contributed by atoms with Gasteiger partial charge in [-0.3, -0.25) is 29.4 Å². The van der Waals surface area contributed by atoms with Gasteiger partial charge in [-0.1, -0.05) is 23.8 Å². The summed E-state index contributed by atoms with van der Waals surface area (Å²) >= 11 is 5.73. The number of nitro groups is 1. The largest absolute Gasteiger partial charge is 0.326 e. The lowest BCUT2D eigenvalue weighted by molar-refractivity contribution is -0.384. The number of carbonyl (C=O) groups excluding carboxylic acids is 3. The number of amides is 3. The van der Waals surface area contributed by atoms with Crippen LogP contribution in [-0.2, 0) is 14.4 Å². The molecule has 1 saturated heterocycles. The van der Waals surface area contributed by atoms with Gasteiger partial charge in [0.25, 0.3) is 5.69 Å². The Bertz CT molecular complexity index is 797. The van der Waals surface area contributed by atoms with E-state index in [1.807, 2.05) is 12.2 Å². The Balaban J connectivity index is 1.60. The average Bonchev–Trinajstić information content (AvgIpc) is 2.86. The topological polar surface area (TPSA) is 110 Å². The highest BCUT2D eigenvalue weighted by Gasteiger charge is 2.46. The van der Waals surface area contributed by atoms with Crippen molar-refractivity contribution in [2.75, 3.05) is 11.9 Å². The Morgan fingerprint density at radius 2 is 1.85 bits per heavy atom. The zero-order chi connectivity index (χ0) is 18.8. The maximum Gasteiger partial charge on any atom is 0.289 e. The van der Waals surface area contributed by atoms with E-state index in [-0.39, 0.29) is 53.0 Å². The number of anilines is 1. The lowest BCUT2D eigenvalue weighted by Gasteiger charge is -2.14. The predicted octanol–water partition coefficient (Wildman–Crippen LogP) is 2.53. The summed E-state index contributed by atoms with van der Waals surface area (Å²) in [6.45, 7) is -0.00775. The van der Waals surface area contributed by atoms with Gasteiger partial charge in [0, 0.05) is 24.7 Å². The summed E-state index contributed by atoms with van der Waals surface area (Å²) in [4.78, 5) is 48.1. The van der Waals surface area contributed by atoms with Crippen LogP contribution in [-0.4, -0.2) is 34.1 Å². The Morgan fingerprint density at radius 1 is 1.23 bits per heavy atom. The van der Waals surface area contributed by atoms with E-state index in [1.54, 1.807) is 0 Å². The van der Waals surface area contributed by atoms with Crippen molar-refractivity contribution in [3.8, 4) is 0 Å². The van der Waals surface area contributed by atoms with E-state index in [0.29, 0.717) is 12.8 Å². The molecule has 26 heavy (non-hydrogen) atoms. The number of carbonyl (C=O) groups is 3. The molecule has 1 N–H and O–H groups in total. The van der Waals surface area contributed by atoms with Crippen molar-refractivity contribution < 1.29 is 19.3 Å². The maximum atomic E-state index is 12.3. The highest BCUT2D eigenvalue weighted by Crippen LogP contribution is 2.35. The Kier molecular flexibility index (Phi) is 5.03. The van der Waals surface area contributed by atoms with Crippen LogP contribution in [0.5, 0.6) is 0 Å². The van der Waals surface area contributed by atoms with Gasteiger partial charge < -0.3 is 5.32 Å². The van der Waals surface area contributed by atoms with Crippen molar-refractivity contribution in [3.05, 3.63) is 45.5 Å². The first-order valence-corrected chi connectivity index (χ1v) is 8.50. The fourth-order valence-corrected chi connectivity index (χ4v) is 3.44. The Hall–Kier alpha value is -2.74. The van der Waals surface area contributed by atoms with Crippen LogP contribution >= 0.6 is 11.6 Å². The molecule has 1 aromatic rings. The minimum atomic E-state index is -0.644. The number of rotatable bonds is 5. The van der Waals surface area contributed by atoms with Crippen LogP contribution in [0.15, 0.2) is 30.4 Å². The van der Waals surface area contributed by atoms with Crippen LogP contribution in [0.4, 0.5) is 11.4 Å². The average molecular weight is 378 g/mol. The second kappa shape index (κ2) is 7.25. The van der Waals surface area contributed by atoms with Crippen molar-refractivity contribution in [2.45, 2.75) is 19.3 Å². The SMILES string of the molecule is O=C(CCN1C(=O)[C@H]2CC=CC[C@@H]2C1=O)Nc1ccc(Cl)c([N+](=O)[O-])c1. The van der Waals surface area contributed by atoms with Gasteiger partial charge >= 0.3 is 0 Å². The van der Waals surface area contributed by atoms with E-state index in [1.165, 1.54) is 12.1 Å². The zero-order valence-corrected chi connectivity index (χ0v) is 14.4. The highest BCUT2D eigenvalue weighted by molar-refractivity contribution is 6.32. The summed E-state index contributed by atoms with van der Waals surface area (Å²) in [6.07, 6.45) is 4.81. The Morgan fingerprint density at radius 3 is 2.42 bits per heavy atom. The summed E-state index contributed by atoms with van der Waals surface area (Å²) in [5.41, 5.74) is -0.0889. The number of allylic oxidation sites excluding steroid dienone is 2. The minimum Gasteiger partial charge on any atom is -0.326 e. The van der Waals surface area contributed by atoms with Crippen LogP contribution in [0.25, 0.3) is 0 Å². The van der Waals surface area contributed by atoms with Gasteiger partial charge in [0.05, 0.1) is 16.8 Å². The molecule has 2 aliphatic rings. The van der Waals surface area contributed by atoms with Gasteiger partial charge in [-0.25, -0.2) is 0 Å². The second-order valence-electron chi connectivity index (χ2n) is 6.21. The molecule has 136 valence electrons. The molecule has 1 aromatic carbocycles. The van der Waals surface area contributed by atoms with E-state index in [2.05, 4.69) is 5.32 Å². The van der Waals surface area contributed by atoms with Gasteiger partial charge in [-0.2, -0.15) is 0 Å². The minimum absolute atomic E-state index is 0.00775. The molecule has 0 spiro atoms. The normalized spacial score (nSPS) is 21.7. The fraction of sp³-hybridized carbons (Fsp3) is 0.353. The van der Waals surface area contributed by atoms with E-state index in [0.717, 1.165) is 11.0 Å². The third-order valence-corrected chi connectivity index (χ3v) is 4.91. The molecule has 1 aliphatic heterocycles. The molecule has 1 fully saturated rings. The van der Waals surface area contributed by atoms with Crippen LogP contribution in [0.3, 0.4) is 0 Å². The number of hydrogen-bond donors (Lipinski definition) is 1. The number of nitrogens with zero attached hydrogens (tertiary/aromatic N) is 2. The van der Waals surface area contributed by atoms with Crippen molar-refractivity contribution in [1.29, 1.82) is 0 Å². The van der Waals surface area contributed by atoms with Crippen LogP contribution < -0.4 is 5.32 Å². The molecule has 0 aromatic heterocycles. The van der Waals surface area contributed by atoms with E-state index >= 15 is 0 Å². The molecule has 3 rings (SSSR count). The molecule has 9 heteroatoms. The molecule has 0 radical (unpaired) electrons. The van der Waals surface area contributed by atoms with Crippen LogP contribution in [0.1, 0.15) is 19.3 Å². The number of fused-ring (bicyclic) bond motifs is 1. The summed E-state index contributed by atoms with van der Waals surface area (Å²) in [7, 11) is 0. The van der Waals surface area contributed by atoms with Crippen molar-refractivity contribution in [3.63, 3.8) is 0 Å². The number of nitrogens with one attached hydrogen (secondary N) is 1. The summed E-state index contributed by atoms with van der Waals surface area (Å²) < 4.78 is 0. The monoisotopic (exact) mass is 377 g/mol. The van der Waals surface area contributed by atoms with Crippen molar-refractivity contribution in [1.82, 2.24) is 4.90 Å². The van der Waals surface area contributed by atoms with E-state index < -0.39 is 10.8 Å². The molecule has 0 saturated carbocycles. The molecule has 2 atom stereocenters. The summed E-state index contributed by atoms with van der Waals surface area (Å²) in [5.74, 6) is -1.57. The van der Waals surface area contributed by atoms with Crippen LogP contribution in [0, 0.1) is 22.0 Å². The molecule has 0 bridgehead atoms. The van der Waals surface area contributed by atoms with E-state index in [4.69, 9.17) is 11.6 Å². The third-order valence-electron chi connectivity index (χ3n) is 4.59. The Labute approximate surface area is 153 Å². The summed E-state index contributed by atoms with van der Waals surface area (Å²) in [6, 6.07) is 3.92. The molecule has 3 amide bonds. The fourth-order valence-electron chi connectivity index (χ4n) is 3.26. The number of hydrogen-bond acceptors (Lipinski definition) is 5. The van der Waals surface area contributed by atoms with Gasteiger partial charge in [0.1, 0.15) is 5.02 Å². The number of halogens is 1. The second-order valence-corrected chi connectivity index (χ2v) is 6.61. The molecular weight excluding hydrogens is 362 g/mol.